The van der Waals surface area contributed by atoms with Gasteiger partial charge in [0.2, 0.25) is 6.23 Å². The highest BCUT2D eigenvalue weighted by Gasteiger charge is 2.62. The third-order valence-electron chi connectivity index (χ3n) is 5.09. The van der Waals surface area contributed by atoms with E-state index in [1.165, 1.54) is 24.3 Å². The van der Waals surface area contributed by atoms with Crippen LogP contribution in [-0.2, 0) is 14.2 Å². The summed E-state index contributed by atoms with van der Waals surface area (Å²) < 4.78 is 47.1. The van der Waals surface area contributed by atoms with Gasteiger partial charge in [-0.1, -0.05) is 36.4 Å². The zero-order valence-corrected chi connectivity index (χ0v) is 17.5. The van der Waals surface area contributed by atoms with Crippen LogP contribution in [0.15, 0.2) is 77.7 Å². The van der Waals surface area contributed by atoms with Crippen molar-refractivity contribution in [2.24, 2.45) is 0 Å². The van der Waals surface area contributed by atoms with Crippen LogP contribution in [0.1, 0.15) is 26.9 Å². The normalized spacial score (nSPS) is 21.1. The lowest BCUT2D eigenvalue weighted by Gasteiger charge is -2.24. The van der Waals surface area contributed by atoms with Crippen LogP contribution < -0.4 is 11.4 Å². The van der Waals surface area contributed by atoms with Crippen molar-refractivity contribution < 1.29 is 32.6 Å². The molecule has 1 fully saturated rings. The van der Waals surface area contributed by atoms with Gasteiger partial charge in [0.15, 0.2) is 6.10 Å². The average molecular weight is 474 g/mol. The largest absolute Gasteiger partial charge is 0.459 e. The van der Waals surface area contributed by atoms with Gasteiger partial charge in [-0.25, -0.2) is 14.4 Å². The van der Waals surface area contributed by atoms with Crippen molar-refractivity contribution in [2.45, 2.75) is 24.4 Å². The summed E-state index contributed by atoms with van der Waals surface area (Å²) in [6.45, 7) is -0.663. The molecule has 4 rings (SSSR count). The van der Waals surface area contributed by atoms with Gasteiger partial charge in [0.25, 0.3) is 0 Å². The number of aromatic nitrogens is 2. The minimum Gasteiger partial charge on any atom is -0.459 e. The maximum Gasteiger partial charge on any atom is 0.351 e. The number of anilines is 1. The second-order valence-corrected chi connectivity index (χ2v) is 7.40. The first-order valence-electron chi connectivity index (χ1n) is 10.1. The van der Waals surface area contributed by atoms with E-state index in [9.17, 15) is 14.4 Å². The molecule has 11 heteroatoms. The number of ether oxygens (including phenoxy) is 3. The van der Waals surface area contributed by atoms with Crippen LogP contribution in [0.2, 0.25) is 0 Å². The Morgan fingerprint density at radius 1 is 1.00 bits per heavy atom. The number of rotatable bonds is 6. The monoisotopic (exact) mass is 474 g/mol. The highest BCUT2D eigenvalue weighted by molar-refractivity contribution is 5.90. The van der Waals surface area contributed by atoms with Crippen LogP contribution in [0.25, 0.3) is 0 Å². The standard InChI is InChI=1S/C23H19F2N3O6/c24-23(25)18(34-20(30)15-9-5-2-6-10-15)16(13-32-19(29)14-7-3-1-4-8-14)33-21(23)28-12-11-17(26)27-22(28)31/h1-12,16,18,21H,13H2,(H2,26,27,31)/i22+1,27+1,28+1. The smallest absolute Gasteiger partial charge is 0.351 e. The fraction of sp³-hybridized carbons (Fsp3) is 0.217. The molecule has 2 aromatic carbocycles. The lowest BCUT2D eigenvalue weighted by Crippen LogP contribution is -2.44. The molecule has 0 amide bonds. The van der Waals surface area contributed by atoms with E-state index in [1.807, 2.05) is 0 Å². The number of hydrogen-bond donors (Lipinski definition) is 1. The summed E-state index contributed by atoms with van der Waals surface area (Å²) in [6, 6.07) is 16.6. The fourth-order valence-corrected chi connectivity index (χ4v) is 3.43. The van der Waals surface area contributed by atoms with Crippen LogP contribution in [0.5, 0.6) is 0 Å². The topological polar surface area (TPSA) is 123 Å². The van der Waals surface area contributed by atoms with E-state index in [-0.39, 0.29) is 16.9 Å². The zero-order chi connectivity index (χ0) is 24.3. The molecular weight excluding hydrogens is 455 g/mol. The lowest BCUT2D eigenvalue weighted by molar-refractivity contribution is -0.142. The Morgan fingerprint density at radius 2 is 1.59 bits per heavy atom. The third kappa shape index (κ3) is 4.64. The number of alkyl halides is 2. The van der Waals surface area contributed by atoms with Gasteiger partial charge in [-0.05, 0) is 30.3 Å². The summed E-state index contributed by atoms with van der Waals surface area (Å²) in [5.41, 5.74) is 4.58. The van der Waals surface area contributed by atoms with Crippen molar-refractivity contribution in [1.82, 2.24) is 9.55 Å². The molecule has 3 atom stereocenters. The summed E-state index contributed by atoms with van der Waals surface area (Å²) >= 11 is 0. The van der Waals surface area contributed by atoms with Gasteiger partial charge >= 0.3 is 23.6 Å². The number of nitrogen functional groups attached to an aromatic ring is 1. The van der Waals surface area contributed by atoms with Crippen molar-refractivity contribution in [3.8, 4) is 0 Å². The van der Waals surface area contributed by atoms with E-state index in [0.717, 1.165) is 12.3 Å². The Hall–Kier alpha value is -4.12. The molecule has 9 nitrogen and oxygen atoms in total. The number of esters is 2. The van der Waals surface area contributed by atoms with Crippen LogP contribution in [0.4, 0.5) is 14.6 Å². The van der Waals surface area contributed by atoms with Crippen LogP contribution in [0.3, 0.4) is 0 Å². The molecule has 0 saturated carbocycles. The molecule has 176 valence electrons. The Balaban J connectivity index is 1.61. The average Bonchev–Trinajstić information content (AvgIpc) is 3.08. The Bertz CT molecular complexity index is 1240. The highest BCUT2D eigenvalue weighted by atomic mass is 19.3. The first-order chi connectivity index (χ1) is 16.3. The van der Waals surface area contributed by atoms with Crippen LogP contribution >= 0.6 is 0 Å². The lowest BCUT2D eigenvalue weighted by atomic mass is 10.1. The van der Waals surface area contributed by atoms with Crippen LogP contribution in [-0.4, -0.2) is 46.2 Å². The van der Waals surface area contributed by atoms with E-state index in [2.05, 4.69) is 4.98 Å². The maximum absolute atomic E-state index is 15.5. The molecule has 2 heterocycles. The second-order valence-electron chi connectivity index (χ2n) is 7.40. The van der Waals surface area contributed by atoms with Crippen LogP contribution in [0, 0.1) is 0 Å². The third-order valence-corrected chi connectivity index (χ3v) is 5.09. The summed E-state index contributed by atoms with van der Waals surface area (Å²) in [4.78, 5) is 40.5. The van der Waals surface area contributed by atoms with Gasteiger partial charge in [0.05, 0.1) is 11.1 Å². The minimum atomic E-state index is -3.88. The predicted molar refractivity (Wildman–Crippen MR) is 114 cm³/mol. The van der Waals surface area contributed by atoms with Gasteiger partial charge in [0.1, 0.15) is 18.5 Å². The molecule has 3 aromatic rings. The van der Waals surface area contributed by atoms with E-state index in [4.69, 9.17) is 19.9 Å². The number of hydrogen-bond acceptors (Lipinski definition) is 8. The second kappa shape index (κ2) is 9.40. The maximum atomic E-state index is 15.5. The fourth-order valence-electron chi connectivity index (χ4n) is 3.43. The van der Waals surface area contributed by atoms with E-state index in [1.54, 1.807) is 36.4 Å². The molecule has 2 N–H and O–H groups in total. The molecule has 34 heavy (non-hydrogen) atoms. The molecule has 0 spiro atoms. The zero-order valence-electron chi connectivity index (χ0n) is 17.5. The quantitative estimate of drug-likeness (QED) is 0.541. The summed E-state index contributed by atoms with van der Waals surface area (Å²) in [7, 11) is 0. The highest BCUT2D eigenvalue weighted by Crippen LogP contribution is 2.44. The molecule has 1 aromatic heterocycles. The molecule has 1 aliphatic rings. The van der Waals surface area contributed by atoms with Gasteiger partial charge < -0.3 is 19.9 Å². The molecule has 1 saturated heterocycles. The Morgan fingerprint density at radius 3 is 2.18 bits per heavy atom. The van der Waals surface area contributed by atoms with Gasteiger partial charge in [-0.2, -0.15) is 13.8 Å². The molecule has 0 radical (unpaired) electrons. The SMILES string of the molecule is Nc1cc[15n](C2OC(COC(=O)c3ccccc3)C(OC(=O)c3ccccc3)C2(F)F)[13c](=O)[15n]1. The van der Waals surface area contributed by atoms with Gasteiger partial charge in [0, 0.05) is 6.20 Å². The number of carbonyl (C=O) groups is 2. The van der Waals surface area contributed by atoms with Gasteiger partial charge in [-0.15, -0.1) is 0 Å². The Kier molecular flexibility index (Phi) is 6.37. The van der Waals surface area contributed by atoms with E-state index < -0.39 is 48.6 Å². The summed E-state index contributed by atoms with van der Waals surface area (Å²) in [5.74, 6) is -5.86. The van der Waals surface area contributed by atoms with E-state index in [0.29, 0.717) is 4.57 Å². The minimum absolute atomic E-state index is 0.0353. The predicted octanol–water partition coefficient (Wildman–Crippen LogP) is 2.44. The van der Waals surface area contributed by atoms with Gasteiger partial charge in [-0.3, -0.25) is 4.57 Å². The molecule has 0 aliphatic carbocycles. The number of halogens is 2. The van der Waals surface area contributed by atoms with Crippen molar-refractivity contribution in [3.63, 3.8) is 0 Å². The molecular formula is C23H19F2N3O6. The summed E-state index contributed by atoms with van der Waals surface area (Å²) in [6.07, 6.45) is -4.93. The number of benzene rings is 2. The first kappa shape index (κ1) is 23.1. The van der Waals surface area contributed by atoms with Crippen molar-refractivity contribution in [1.29, 1.82) is 0 Å². The Labute approximate surface area is 191 Å². The van der Waals surface area contributed by atoms with Crippen molar-refractivity contribution in [2.75, 3.05) is 12.3 Å². The molecule has 1 aliphatic heterocycles. The molecule has 3 unspecified atom stereocenters. The van der Waals surface area contributed by atoms with E-state index >= 15 is 8.78 Å². The van der Waals surface area contributed by atoms with Crippen molar-refractivity contribution in [3.05, 3.63) is 94.5 Å². The first-order valence-corrected chi connectivity index (χ1v) is 10.1. The number of carbonyl (C=O) groups excluding carboxylic acids is 2. The summed E-state index contributed by atoms with van der Waals surface area (Å²) in [5, 5.41) is 0. The van der Waals surface area contributed by atoms with Crippen molar-refractivity contribution >= 4 is 17.8 Å². The number of nitrogens with two attached hydrogens (primary N) is 1. The molecule has 0 bridgehead atoms. The number of nitrogens with zero attached hydrogens (tertiary/aromatic N) is 2.